The van der Waals surface area contributed by atoms with Gasteiger partial charge in [0.05, 0.1) is 0 Å². The molecule has 0 aliphatic rings. The average Bonchev–Trinajstić information content (AvgIpc) is 2.47. The first-order valence-electron chi connectivity index (χ1n) is 9.34. The second-order valence-electron chi connectivity index (χ2n) is 6.41. The number of amides is 3. The fraction of sp³-hybridized carbons (Fsp3) is 0.842. The van der Waals surface area contributed by atoms with Gasteiger partial charge in [-0.3, -0.25) is 14.4 Å². The molecule has 0 unspecified atom stereocenters. The van der Waals surface area contributed by atoms with Crippen molar-refractivity contribution >= 4 is 17.7 Å². The zero-order chi connectivity index (χ0) is 17.5. The summed E-state index contributed by atoms with van der Waals surface area (Å²) in [5, 5.41) is 0. The van der Waals surface area contributed by atoms with Crippen LogP contribution in [-0.4, -0.2) is 22.6 Å². The van der Waals surface area contributed by atoms with Crippen LogP contribution in [0.3, 0.4) is 0 Å². The van der Waals surface area contributed by atoms with E-state index in [2.05, 4.69) is 6.92 Å². The highest BCUT2D eigenvalue weighted by Crippen LogP contribution is 2.13. The van der Waals surface area contributed by atoms with Crippen LogP contribution >= 0.6 is 0 Å². The molecule has 4 nitrogen and oxygen atoms in total. The van der Waals surface area contributed by atoms with Crippen LogP contribution < -0.4 is 0 Å². The van der Waals surface area contributed by atoms with Crippen molar-refractivity contribution in [2.75, 3.05) is 0 Å². The molecule has 0 N–H and O–H groups in total. The molecule has 0 fully saturated rings. The summed E-state index contributed by atoms with van der Waals surface area (Å²) >= 11 is 0. The zero-order valence-electron chi connectivity index (χ0n) is 15.4. The summed E-state index contributed by atoms with van der Waals surface area (Å²) in [6.07, 6.45) is 15.1. The van der Waals surface area contributed by atoms with Gasteiger partial charge in [-0.15, -0.1) is 0 Å². The summed E-state index contributed by atoms with van der Waals surface area (Å²) in [6, 6.07) is 0. The van der Waals surface area contributed by atoms with Crippen molar-refractivity contribution in [2.45, 2.75) is 104 Å². The Labute approximate surface area is 142 Å². The van der Waals surface area contributed by atoms with Crippen molar-refractivity contribution in [3.05, 3.63) is 0 Å². The summed E-state index contributed by atoms with van der Waals surface area (Å²) in [4.78, 5) is 35.0. The molecule has 0 saturated carbocycles. The molecule has 0 saturated heterocycles. The molecule has 23 heavy (non-hydrogen) atoms. The van der Waals surface area contributed by atoms with Gasteiger partial charge in [0, 0.05) is 20.3 Å². The Kier molecular flexibility index (Phi) is 13.7. The predicted octanol–water partition coefficient (Wildman–Crippen LogP) is 5.00. The fourth-order valence-electron chi connectivity index (χ4n) is 2.80. The maximum Gasteiger partial charge on any atom is 0.236 e. The lowest BCUT2D eigenvalue weighted by Crippen LogP contribution is -2.38. The zero-order valence-corrected chi connectivity index (χ0v) is 15.4. The standard InChI is InChI=1S/C19H35NO3/c1-4-5-6-7-8-9-10-11-12-13-14-15-16-19(23)20(17(2)21)18(3)22/h4-16H2,1-3H3. The first-order valence-corrected chi connectivity index (χ1v) is 9.34. The third-order valence-corrected chi connectivity index (χ3v) is 4.12. The summed E-state index contributed by atoms with van der Waals surface area (Å²) in [5.74, 6) is -1.33. The van der Waals surface area contributed by atoms with Gasteiger partial charge in [-0.1, -0.05) is 77.6 Å². The van der Waals surface area contributed by atoms with E-state index >= 15 is 0 Å². The molecule has 4 heteroatoms. The normalized spacial score (nSPS) is 10.6. The number of carbonyl (C=O) groups excluding carboxylic acids is 3. The maximum atomic E-state index is 11.8. The van der Waals surface area contributed by atoms with E-state index in [0.29, 0.717) is 0 Å². The molecule has 0 rings (SSSR count). The molecular weight excluding hydrogens is 290 g/mol. The lowest BCUT2D eigenvalue weighted by molar-refractivity contribution is -0.152. The Morgan fingerprint density at radius 3 is 1.30 bits per heavy atom. The Bertz CT molecular complexity index is 339. The van der Waals surface area contributed by atoms with Gasteiger partial charge in [-0.25, -0.2) is 4.90 Å². The van der Waals surface area contributed by atoms with Gasteiger partial charge in [0.1, 0.15) is 0 Å². The summed E-state index contributed by atoms with van der Waals surface area (Å²) in [7, 11) is 0. The number of nitrogens with zero attached hydrogens (tertiary/aromatic N) is 1. The van der Waals surface area contributed by atoms with Gasteiger partial charge in [-0.05, 0) is 6.42 Å². The molecular formula is C19H35NO3. The van der Waals surface area contributed by atoms with Gasteiger partial charge in [0.25, 0.3) is 0 Å². The second kappa shape index (κ2) is 14.4. The monoisotopic (exact) mass is 325 g/mol. The van der Waals surface area contributed by atoms with Crippen molar-refractivity contribution in [2.24, 2.45) is 0 Å². The molecule has 3 amide bonds. The SMILES string of the molecule is CCCCCCCCCCCCCCC(=O)N(C(C)=O)C(C)=O. The third kappa shape index (κ3) is 12.0. The Balaban J connectivity index is 3.47. The van der Waals surface area contributed by atoms with Crippen LogP contribution in [0.1, 0.15) is 104 Å². The smallest absolute Gasteiger partial charge is 0.236 e. The van der Waals surface area contributed by atoms with Crippen LogP contribution in [0, 0.1) is 0 Å². The lowest BCUT2D eigenvalue weighted by Gasteiger charge is -2.14. The number of imide groups is 3. The lowest BCUT2D eigenvalue weighted by atomic mass is 10.0. The largest absolute Gasteiger partial charge is 0.274 e. The Morgan fingerprint density at radius 1 is 0.609 bits per heavy atom. The van der Waals surface area contributed by atoms with E-state index in [9.17, 15) is 14.4 Å². The van der Waals surface area contributed by atoms with Gasteiger partial charge in [0.2, 0.25) is 17.7 Å². The number of carbonyl (C=O) groups is 3. The molecule has 0 bridgehead atoms. The van der Waals surface area contributed by atoms with Crippen molar-refractivity contribution in [3.8, 4) is 0 Å². The fourth-order valence-corrected chi connectivity index (χ4v) is 2.80. The first-order chi connectivity index (χ1) is 11.0. The number of hydrogen-bond donors (Lipinski definition) is 0. The predicted molar refractivity (Wildman–Crippen MR) is 93.9 cm³/mol. The van der Waals surface area contributed by atoms with Crippen LogP contribution in [-0.2, 0) is 14.4 Å². The maximum absolute atomic E-state index is 11.8. The van der Waals surface area contributed by atoms with Crippen molar-refractivity contribution < 1.29 is 14.4 Å². The van der Waals surface area contributed by atoms with E-state index in [1.165, 1.54) is 71.6 Å². The van der Waals surface area contributed by atoms with Gasteiger partial charge in [-0.2, -0.15) is 0 Å². The minimum atomic E-state index is -0.485. The van der Waals surface area contributed by atoms with Crippen LogP contribution in [0.25, 0.3) is 0 Å². The minimum Gasteiger partial charge on any atom is -0.274 e. The van der Waals surface area contributed by atoms with E-state index in [-0.39, 0.29) is 12.3 Å². The molecule has 0 aromatic heterocycles. The first kappa shape index (κ1) is 21.8. The van der Waals surface area contributed by atoms with Crippen LogP contribution in [0.5, 0.6) is 0 Å². The summed E-state index contributed by atoms with van der Waals surface area (Å²) < 4.78 is 0. The molecule has 0 spiro atoms. The molecule has 0 aliphatic heterocycles. The highest BCUT2D eigenvalue weighted by atomic mass is 16.2. The molecule has 0 radical (unpaired) electrons. The third-order valence-electron chi connectivity index (χ3n) is 4.12. The highest BCUT2D eigenvalue weighted by molar-refractivity contribution is 6.09. The number of hydrogen-bond acceptors (Lipinski definition) is 3. The number of rotatable bonds is 13. The molecule has 0 aromatic rings. The van der Waals surface area contributed by atoms with E-state index in [0.717, 1.165) is 24.2 Å². The topological polar surface area (TPSA) is 54.5 Å². The van der Waals surface area contributed by atoms with Gasteiger partial charge in [0.15, 0.2) is 0 Å². The number of unbranched alkanes of at least 4 members (excludes halogenated alkanes) is 11. The van der Waals surface area contributed by atoms with Crippen LogP contribution in [0.2, 0.25) is 0 Å². The minimum absolute atomic E-state index is 0.288. The van der Waals surface area contributed by atoms with E-state index in [1.54, 1.807) is 0 Å². The molecule has 0 aliphatic carbocycles. The summed E-state index contributed by atoms with van der Waals surface area (Å²) in [5.41, 5.74) is 0. The summed E-state index contributed by atoms with van der Waals surface area (Å²) in [6.45, 7) is 4.74. The molecule has 134 valence electrons. The van der Waals surface area contributed by atoms with Crippen molar-refractivity contribution in [1.82, 2.24) is 4.90 Å². The van der Waals surface area contributed by atoms with Crippen molar-refractivity contribution in [1.29, 1.82) is 0 Å². The second-order valence-corrected chi connectivity index (χ2v) is 6.41. The van der Waals surface area contributed by atoms with E-state index < -0.39 is 11.8 Å². The van der Waals surface area contributed by atoms with Crippen LogP contribution in [0.15, 0.2) is 0 Å². The van der Waals surface area contributed by atoms with E-state index in [1.807, 2.05) is 0 Å². The van der Waals surface area contributed by atoms with Gasteiger partial charge >= 0.3 is 0 Å². The quantitative estimate of drug-likeness (QED) is 0.448. The molecule has 0 aromatic carbocycles. The van der Waals surface area contributed by atoms with Crippen LogP contribution in [0.4, 0.5) is 0 Å². The van der Waals surface area contributed by atoms with Crippen molar-refractivity contribution in [3.63, 3.8) is 0 Å². The average molecular weight is 325 g/mol. The highest BCUT2D eigenvalue weighted by Gasteiger charge is 2.21. The molecule has 0 atom stereocenters. The van der Waals surface area contributed by atoms with Gasteiger partial charge < -0.3 is 0 Å². The van der Waals surface area contributed by atoms with E-state index in [4.69, 9.17) is 0 Å². The molecule has 0 heterocycles. The Hall–Kier alpha value is -1.19. The Morgan fingerprint density at radius 2 is 0.957 bits per heavy atom.